The second kappa shape index (κ2) is 13.5. The first kappa shape index (κ1) is 26.2. The van der Waals surface area contributed by atoms with E-state index < -0.39 is 0 Å². The molecule has 0 spiro atoms. The molecule has 2 aromatic carbocycles. The van der Waals surface area contributed by atoms with Gasteiger partial charge in [-0.05, 0) is 24.6 Å². The Balaban J connectivity index is 0.00000225. The highest BCUT2D eigenvalue weighted by molar-refractivity contribution is 5.85. The van der Waals surface area contributed by atoms with Gasteiger partial charge in [-0.1, -0.05) is 48.5 Å². The first-order valence-electron chi connectivity index (χ1n) is 10.00. The number of ether oxygens (including phenoxy) is 2. The van der Waals surface area contributed by atoms with Crippen LogP contribution in [0.2, 0.25) is 0 Å². The Bertz CT molecular complexity index is 726. The number of hydrogen-bond donors (Lipinski definition) is 0. The molecular weight excluding hydrogens is 423 g/mol. The number of benzene rings is 2. The Morgan fingerprint density at radius 2 is 1.50 bits per heavy atom. The fourth-order valence-corrected chi connectivity index (χ4v) is 3.83. The second-order valence-corrected chi connectivity index (χ2v) is 7.21. The molecule has 1 aliphatic rings. The minimum atomic E-state index is -0.231. The SMILES string of the molecule is CC(=O)OC(C)C(c1ccccc1)N1CCN(CCOc2ccccc2)CC1.Cl.Cl. The Hall–Kier alpha value is -1.79. The van der Waals surface area contributed by atoms with Crippen molar-refractivity contribution in [2.24, 2.45) is 0 Å². The van der Waals surface area contributed by atoms with E-state index in [0.29, 0.717) is 6.61 Å². The lowest BCUT2D eigenvalue weighted by atomic mass is 9.99. The van der Waals surface area contributed by atoms with Crippen LogP contribution in [0.1, 0.15) is 25.5 Å². The van der Waals surface area contributed by atoms with Crippen molar-refractivity contribution in [1.29, 1.82) is 0 Å². The van der Waals surface area contributed by atoms with Crippen LogP contribution in [0.5, 0.6) is 5.75 Å². The number of nitrogens with zero attached hydrogens (tertiary/aromatic N) is 2. The summed E-state index contributed by atoms with van der Waals surface area (Å²) in [4.78, 5) is 16.4. The summed E-state index contributed by atoms with van der Waals surface area (Å²) in [6.07, 6.45) is -0.187. The van der Waals surface area contributed by atoms with E-state index in [2.05, 4.69) is 21.9 Å². The van der Waals surface area contributed by atoms with Gasteiger partial charge in [0.2, 0.25) is 0 Å². The highest BCUT2D eigenvalue weighted by atomic mass is 35.5. The molecule has 3 rings (SSSR count). The first-order valence-corrected chi connectivity index (χ1v) is 10.00. The molecule has 0 N–H and O–H groups in total. The summed E-state index contributed by atoms with van der Waals surface area (Å²) in [5, 5.41) is 0. The van der Waals surface area contributed by atoms with Crippen molar-refractivity contribution in [1.82, 2.24) is 9.80 Å². The number of hydrogen-bond acceptors (Lipinski definition) is 5. The number of carbonyl (C=O) groups is 1. The molecule has 1 fully saturated rings. The maximum absolute atomic E-state index is 11.5. The zero-order chi connectivity index (χ0) is 19.8. The lowest BCUT2D eigenvalue weighted by molar-refractivity contribution is -0.149. The van der Waals surface area contributed by atoms with Crippen LogP contribution in [0.25, 0.3) is 0 Å². The Labute approximate surface area is 192 Å². The van der Waals surface area contributed by atoms with E-state index in [-0.39, 0.29) is 42.9 Å². The topological polar surface area (TPSA) is 42.0 Å². The molecule has 7 heteroatoms. The van der Waals surface area contributed by atoms with Crippen LogP contribution in [0.3, 0.4) is 0 Å². The van der Waals surface area contributed by atoms with Crippen molar-refractivity contribution >= 4 is 30.8 Å². The van der Waals surface area contributed by atoms with E-state index in [1.54, 1.807) is 0 Å². The summed E-state index contributed by atoms with van der Waals surface area (Å²) in [7, 11) is 0. The maximum atomic E-state index is 11.5. The monoisotopic (exact) mass is 454 g/mol. The smallest absolute Gasteiger partial charge is 0.302 e. The third kappa shape index (κ3) is 7.80. The molecule has 1 heterocycles. The van der Waals surface area contributed by atoms with E-state index in [9.17, 15) is 4.79 Å². The van der Waals surface area contributed by atoms with Gasteiger partial charge in [-0.3, -0.25) is 14.6 Å². The van der Waals surface area contributed by atoms with Crippen LogP contribution < -0.4 is 4.74 Å². The summed E-state index contributed by atoms with van der Waals surface area (Å²) in [5.41, 5.74) is 1.19. The highest BCUT2D eigenvalue weighted by Crippen LogP contribution is 2.27. The lowest BCUT2D eigenvalue weighted by Crippen LogP contribution is -2.50. The minimum Gasteiger partial charge on any atom is -0.492 e. The fourth-order valence-electron chi connectivity index (χ4n) is 3.83. The first-order chi connectivity index (χ1) is 13.6. The van der Waals surface area contributed by atoms with Gasteiger partial charge in [-0.2, -0.15) is 0 Å². The number of para-hydroxylation sites is 1. The zero-order valence-electron chi connectivity index (χ0n) is 17.6. The predicted molar refractivity (Wildman–Crippen MR) is 125 cm³/mol. The fraction of sp³-hybridized carbons (Fsp3) is 0.435. The number of halogens is 2. The predicted octanol–water partition coefficient (Wildman–Crippen LogP) is 4.22. The van der Waals surface area contributed by atoms with Crippen molar-refractivity contribution in [3.05, 3.63) is 66.2 Å². The molecule has 2 unspecified atom stereocenters. The average Bonchev–Trinajstić information content (AvgIpc) is 2.70. The molecule has 0 aromatic heterocycles. The Morgan fingerprint density at radius 3 is 2.07 bits per heavy atom. The quantitative estimate of drug-likeness (QED) is 0.558. The Kier molecular flexibility index (Phi) is 11.8. The molecule has 1 saturated heterocycles. The number of carbonyl (C=O) groups excluding carboxylic acids is 1. The molecule has 2 aromatic rings. The van der Waals surface area contributed by atoms with E-state index >= 15 is 0 Å². The van der Waals surface area contributed by atoms with Crippen LogP contribution in [0.15, 0.2) is 60.7 Å². The van der Waals surface area contributed by atoms with Crippen molar-refractivity contribution < 1.29 is 14.3 Å². The largest absolute Gasteiger partial charge is 0.492 e. The number of esters is 1. The van der Waals surface area contributed by atoms with Gasteiger partial charge in [0.15, 0.2) is 0 Å². The zero-order valence-corrected chi connectivity index (χ0v) is 19.2. The molecule has 0 saturated carbocycles. The number of piperazine rings is 1. The van der Waals surface area contributed by atoms with Crippen molar-refractivity contribution in [3.63, 3.8) is 0 Å². The summed E-state index contributed by atoms with van der Waals surface area (Å²) in [6, 6.07) is 20.3. The molecule has 30 heavy (non-hydrogen) atoms. The van der Waals surface area contributed by atoms with Crippen LogP contribution in [0, 0.1) is 0 Å². The van der Waals surface area contributed by atoms with Gasteiger partial charge in [-0.25, -0.2) is 0 Å². The lowest BCUT2D eigenvalue weighted by Gasteiger charge is -2.41. The maximum Gasteiger partial charge on any atom is 0.302 e. The van der Waals surface area contributed by atoms with Crippen LogP contribution in [-0.4, -0.2) is 61.2 Å². The van der Waals surface area contributed by atoms with Crippen LogP contribution in [-0.2, 0) is 9.53 Å². The molecule has 2 atom stereocenters. The van der Waals surface area contributed by atoms with Crippen LogP contribution in [0.4, 0.5) is 0 Å². The van der Waals surface area contributed by atoms with Gasteiger partial charge >= 0.3 is 5.97 Å². The molecular formula is C23H32Cl2N2O3. The van der Waals surface area contributed by atoms with Crippen molar-refractivity contribution in [2.75, 3.05) is 39.3 Å². The summed E-state index contributed by atoms with van der Waals surface area (Å²) < 4.78 is 11.4. The summed E-state index contributed by atoms with van der Waals surface area (Å²) in [6.45, 7) is 8.91. The van der Waals surface area contributed by atoms with Gasteiger partial charge in [0, 0.05) is 39.6 Å². The Morgan fingerprint density at radius 1 is 0.933 bits per heavy atom. The molecule has 166 valence electrons. The third-order valence-corrected chi connectivity index (χ3v) is 5.16. The van der Waals surface area contributed by atoms with Gasteiger partial charge in [-0.15, -0.1) is 24.8 Å². The average molecular weight is 455 g/mol. The normalized spacial score (nSPS) is 16.5. The molecule has 0 radical (unpaired) electrons. The van der Waals surface area contributed by atoms with E-state index in [1.807, 2.05) is 55.5 Å². The van der Waals surface area contributed by atoms with Gasteiger partial charge < -0.3 is 9.47 Å². The highest BCUT2D eigenvalue weighted by Gasteiger charge is 2.30. The minimum absolute atomic E-state index is 0. The molecule has 1 aliphatic heterocycles. The molecule has 0 bridgehead atoms. The van der Waals surface area contributed by atoms with Gasteiger partial charge in [0.05, 0.1) is 6.04 Å². The third-order valence-electron chi connectivity index (χ3n) is 5.16. The second-order valence-electron chi connectivity index (χ2n) is 7.21. The van der Waals surface area contributed by atoms with Crippen molar-refractivity contribution in [3.8, 4) is 5.75 Å². The van der Waals surface area contributed by atoms with Gasteiger partial charge in [0.1, 0.15) is 18.5 Å². The molecule has 5 nitrogen and oxygen atoms in total. The van der Waals surface area contributed by atoms with Gasteiger partial charge in [0.25, 0.3) is 0 Å². The van der Waals surface area contributed by atoms with E-state index in [1.165, 1.54) is 12.5 Å². The summed E-state index contributed by atoms with van der Waals surface area (Å²) in [5.74, 6) is 0.686. The summed E-state index contributed by atoms with van der Waals surface area (Å²) >= 11 is 0. The molecule has 0 aliphatic carbocycles. The number of rotatable bonds is 8. The van der Waals surface area contributed by atoms with E-state index in [4.69, 9.17) is 9.47 Å². The van der Waals surface area contributed by atoms with E-state index in [0.717, 1.165) is 38.5 Å². The van der Waals surface area contributed by atoms with Crippen molar-refractivity contribution in [2.45, 2.75) is 26.0 Å². The standard InChI is InChI=1S/C23H30N2O3.2ClH/c1-19(28-20(2)26)23(21-9-5-3-6-10-21)25-15-13-24(14-16-25)17-18-27-22-11-7-4-8-12-22;;/h3-12,19,23H,13-18H2,1-2H3;2*1H. The molecule has 0 amide bonds. The van der Waals surface area contributed by atoms with Crippen LogP contribution >= 0.6 is 24.8 Å².